The maximum atomic E-state index is 13.1. The molecular weight excluding hydrogens is 422 g/mol. The molecule has 3 rings (SSSR count). The predicted molar refractivity (Wildman–Crippen MR) is 115 cm³/mol. The average Bonchev–Trinajstić information content (AvgIpc) is 2.76. The zero-order valence-corrected chi connectivity index (χ0v) is 17.6. The van der Waals surface area contributed by atoms with Gasteiger partial charge in [-0.2, -0.15) is 9.09 Å². The van der Waals surface area contributed by atoms with Crippen molar-refractivity contribution in [2.75, 3.05) is 18.1 Å². The van der Waals surface area contributed by atoms with Gasteiger partial charge in [0.2, 0.25) is 0 Å². The average molecular weight is 443 g/mol. The molecule has 1 heterocycles. The van der Waals surface area contributed by atoms with Crippen LogP contribution in [0.4, 0.5) is 0 Å². The summed E-state index contributed by atoms with van der Waals surface area (Å²) in [6.45, 7) is -0.707. The maximum absolute atomic E-state index is 13.1. The molecule has 3 aromatic rings. The Morgan fingerprint density at radius 3 is 2.10 bits per heavy atom. The number of ether oxygens (including phenoxy) is 1. The molecule has 0 fully saturated rings. The van der Waals surface area contributed by atoms with Crippen molar-refractivity contribution >= 4 is 16.0 Å². The highest BCUT2D eigenvalue weighted by Gasteiger charge is 2.29. The van der Waals surface area contributed by atoms with Crippen LogP contribution in [0.25, 0.3) is 0 Å². The minimum Gasteiger partial charge on any atom is -0.468 e. The summed E-state index contributed by atoms with van der Waals surface area (Å²) in [5.41, 5.74) is -0.556. The quantitative estimate of drug-likeness (QED) is 0.474. The monoisotopic (exact) mass is 443 g/mol. The summed E-state index contributed by atoms with van der Waals surface area (Å²) in [7, 11) is -3.20. The van der Waals surface area contributed by atoms with Crippen LogP contribution in [0, 0.1) is 0 Å². The lowest BCUT2D eigenvalue weighted by atomic mass is 10.2. The molecule has 0 amide bonds. The summed E-state index contributed by atoms with van der Waals surface area (Å²) in [6.07, 6.45) is 1.29. The van der Waals surface area contributed by atoms with Gasteiger partial charge in [0, 0.05) is 12.3 Å². The van der Waals surface area contributed by atoms with Gasteiger partial charge in [0.05, 0.1) is 19.4 Å². The summed E-state index contributed by atoms with van der Waals surface area (Å²) in [6, 6.07) is 18.3. The molecule has 0 bridgehead atoms. The Hall–Kier alpha value is -3.66. The summed E-state index contributed by atoms with van der Waals surface area (Å²) in [5.74, 6) is -1.43. The second-order valence-corrected chi connectivity index (χ2v) is 8.53. The Kier molecular flexibility index (Phi) is 6.71. The molecule has 0 saturated carbocycles. The molecule has 0 aliphatic carbocycles. The largest absolute Gasteiger partial charge is 0.468 e. The van der Waals surface area contributed by atoms with Crippen LogP contribution in [0.3, 0.4) is 0 Å². The van der Waals surface area contributed by atoms with Crippen molar-refractivity contribution in [1.29, 1.82) is 0 Å². The fourth-order valence-electron chi connectivity index (χ4n) is 2.94. The van der Waals surface area contributed by atoms with E-state index in [4.69, 9.17) is 0 Å². The lowest BCUT2D eigenvalue weighted by Gasteiger charge is -2.24. The molecule has 0 unspecified atom stereocenters. The Balaban J connectivity index is 2.08. The third-order valence-corrected chi connectivity index (χ3v) is 6.09. The van der Waals surface area contributed by atoms with E-state index in [-0.39, 0.29) is 6.54 Å². The predicted octanol–water partition coefficient (Wildman–Crippen LogP) is 0.699. The molecule has 10 heteroatoms. The third-order valence-electron chi connectivity index (χ3n) is 4.46. The van der Waals surface area contributed by atoms with Crippen molar-refractivity contribution in [3.8, 4) is 0 Å². The molecule has 1 aromatic heterocycles. The summed E-state index contributed by atoms with van der Waals surface area (Å²) in [4.78, 5) is 37.6. The number of carbonyl (C=O) groups is 1. The van der Waals surface area contributed by atoms with E-state index in [0.717, 1.165) is 18.7 Å². The molecule has 9 nitrogen and oxygen atoms in total. The number of hydrogen-bond acceptors (Lipinski definition) is 6. The van der Waals surface area contributed by atoms with Crippen LogP contribution < -0.4 is 15.7 Å². The van der Waals surface area contributed by atoms with Crippen molar-refractivity contribution < 1.29 is 17.9 Å². The summed E-state index contributed by atoms with van der Waals surface area (Å²) in [5, 5.41) is 0. The highest BCUT2D eigenvalue weighted by molar-refractivity contribution is 7.91. The minimum absolute atomic E-state index is 0.116. The maximum Gasteiger partial charge on any atom is 0.351 e. The van der Waals surface area contributed by atoms with E-state index in [9.17, 15) is 22.8 Å². The van der Waals surface area contributed by atoms with Crippen molar-refractivity contribution in [1.82, 2.24) is 9.24 Å². The van der Waals surface area contributed by atoms with Gasteiger partial charge in [-0.3, -0.25) is 14.2 Å². The van der Waals surface area contributed by atoms with Crippen molar-refractivity contribution in [2.45, 2.75) is 12.3 Å². The molecule has 31 heavy (non-hydrogen) atoms. The molecule has 0 radical (unpaired) electrons. The lowest BCUT2D eigenvalue weighted by Crippen LogP contribution is -2.56. The molecule has 2 aromatic carbocycles. The number of sulfonamides is 1. The van der Waals surface area contributed by atoms with Crippen LogP contribution in [0.2, 0.25) is 0 Å². The van der Waals surface area contributed by atoms with Gasteiger partial charge >= 0.3 is 11.7 Å². The van der Waals surface area contributed by atoms with E-state index >= 15 is 0 Å². The van der Waals surface area contributed by atoms with Crippen molar-refractivity contribution in [3.05, 3.63) is 105 Å². The van der Waals surface area contributed by atoms with E-state index in [1.54, 1.807) is 54.6 Å². The Morgan fingerprint density at radius 2 is 1.52 bits per heavy atom. The van der Waals surface area contributed by atoms with Crippen LogP contribution >= 0.6 is 0 Å². The van der Waals surface area contributed by atoms with E-state index in [2.05, 4.69) is 4.74 Å². The zero-order valence-electron chi connectivity index (χ0n) is 16.7. The highest BCUT2D eigenvalue weighted by atomic mass is 32.2. The molecule has 0 saturated heterocycles. The van der Waals surface area contributed by atoms with E-state index in [1.807, 2.05) is 6.07 Å². The first-order chi connectivity index (χ1) is 14.8. The van der Waals surface area contributed by atoms with Crippen LogP contribution in [0.5, 0.6) is 0 Å². The fourth-order valence-corrected chi connectivity index (χ4v) is 4.40. The summed E-state index contributed by atoms with van der Waals surface area (Å²) < 4.78 is 33.0. The van der Waals surface area contributed by atoms with Crippen LogP contribution in [0.15, 0.2) is 82.5 Å². The van der Waals surface area contributed by atoms with Gasteiger partial charge in [-0.1, -0.05) is 60.7 Å². The Morgan fingerprint density at radius 1 is 0.935 bits per heavy atom. The van der Waals surface area contributed by atoms with E-state index in [1.165, 1.54) is 10.8 Å². The second-order valence-electron chi connectivity index (χ2n) is 6.66. The van der Waals surface area contributed by atoms with Crippen LogP contribution in [-0.2, 0) is 31.9 Å². The molecule has 0 aliphatic heterocycles. The SMILES string of the molecule is COC(=O)CN(n1c(=O)ccn(Cc2ccccc2)c1=O)S(=O)(=O)Cc1ccccc1. The number of benzene rings is 2. The molecular formula is C21H21N3O6S. The number of rotatable bonds is 8. The minimum atomic E-state index is -4.29. The number of esters is 1. The van der Waals surface area contributed by atoms with Crippen molar-refractivity contribution in [3.63, 3.8) is 0 Å². The van der Waals surface area contributed by atoms with Crippen molar-refractivity contribution in [2.24, 2.45) is 0 Å². The zero-order chi connectivity index (χ0) is 22.4. The van der Waals surface area contributed by atoms with Gasteiger partial charge in [-0.05, 0) is 11.1 Å². The number of aromatic nitrogens is 2. The Labute approximate surface area is 178 Å². The number of carbonyl (C=O) groups excluding carboxylic acids is 1. The van der Waals surface area contributed by atoms with Gasteiger partial charge < -0.3 is 4.74 Å². The topological polar surface area (TPSA) is 108 Å². The molecule has 0 aliphatic rings. The number of hydrogen-bond donors (Lipinski definition) is 0. The van der Waals surface area contributed by atoms with Gasteiger partial charge in [0.15, 0.2) is 0 Å². The normalized spacial score (nSPS) is 11.1. The first-order valence-electron chi connectivity index (χ1n) is 9.29. The third kappa shape index (κ3) is 5.28. The van der Waals surface area contributed by atoms with E-state index in [0.29, 0.717) is 14.7 Å². The second kappa shape index (κ2) is 9.43. The van der Waals surface area contributed by atoms with E-state index < -0.39 is 39.5 Å². The van der Waals surface area contributed by atoms with Gasteiger partial charge in [-0.15, -0.1) is 0 Å². The standard InChI is InChI=1S/C21H21N3O6S/c1-30-20(26)15-23(31(28,29)16-18-10-6-3-7-11-18)24-19(25)12-13-22(21(24)27)14-17-8-4-2-5-9-17/h2-13H,14-16H2,1H3. The van der Waals surface area contributed by atoms with Gasteiger partial charge in [0.25, 0.3) is 15.6 Å². The smallest absolute Gasteiger partial charge is 0.351 e. The van der Waals surface area contributed by atoms with Gasteiger partial charge in [0.1, 0.15) is 6.54 Å². The first-order valence-corrected chi connectivity index (χ1v) is 10.9. The highest BCUT2D eigenvalue weighted by Crippen LogP contribution is 2.09. The molecule has 0 N–H and O–H groups in total. The molecule has 0 atom stereocenters. The lowest BCUT2D eigenvalue weighted by molar-refractivity contribution is -0.139. The van der Waals surface area contributed by atoms with Crippen LogP contribution in [0.1, 0.15) is 11.1 Å². The van der Waals surface area contributed by atoms with Gasteiger partial charge in [-0.25, -0.2) is 13.2 Å². The fraction of sp³-hybridized carbons (Fsp3) is 0.190. The number of nitrogens with zero attached hydrogens (tertiary/aromatic N) is 3. The Bertz CT molecular complexity index is 1270. The number of methoxy groups -OCH3 is 1. The van der Waals surface area contributed by atoms with Crippen LogP contribution in [-0.4, -0.2) is 37.3 Å². The first kappa shape index (κ1) is 22.0. The molecule has 162 valence electrons. The molecule has 0 spiro atoms. The summed E-state index contributed by atoms with van der Waals surface area (Å²) >= 11 is 0.